The van der Waals surface area contributed by atoms with Crippen molar-refractivity contribution in [3.8, 4) is 0 Å². The molecule has 2 aromatic rings. The molecule has 1 amide bonds. The number of sulfone groups is 1. The average Bonchev–Trinajstić information content (AvgIpc) is 2.71. The summed E-state index contributed by atoms with van der Waals surface area (Å²) < 4.78 is 29.7. The number of halogens is 1. The van der Waals surface area contributed by atoms with E-state index in [9.17, 15) is 13.2 Å². The number of aromatic nitrogens is 2. The molecule has 0 bridgehead atoms. The Balaban J connectivity index is 2.31. The summed E-state index contributed by atoms with van der Waals surface area (Å²) in [4.78, 5) is 20.9. The van der Waals surface area contributed by atoms with E-state index in [-0.39, 0.29) is 16.4 Å². The van der Waals surface area contributed by atoms with E-state index in [4.69, 9.17) is 16.3 Å². The minimum atomic E-state index is -3.54. The molecular formula is C16H22ClN3O4S2. The van der Waals surface area contributed by atoms with Crippen molar-refractivity contribution in [3.63, 3.8) is 0 Å². The van der Waals surface area contributed by atoms with Crippen LogP contribution in [0.2, 0.25) is 5.28 Å². The summed E-state index contributed by atoms with van der Waals surface area (Å²) in [7, 11) is -3.54. The Bertz CT molecular complexity index is 949. The van der Waals surface area contributed by atoms with Gasteiger partial charge in [0, 0.05) is 23.6 Å². The molecule has 0 saturated heterocycles. The topological polar surface area (TPSA) is 98.2 Å². The molecule has 2 rings (SSSR count). The summed E-state index contributed by atoms with van der Waals surface area (Å²) >= 11 is 7.19. The molecule has 10 heteroatoms. The molecule has 0 unspecified atom stereocenters. The van der Waals surface area contributed by atoms with E-state index < -0.39 is 21.5 Å². The summed E-state index contributed by atoms with van der Waals surface area (Å²) in [5.74, 6) is 0. The lowest BCUT2D eigenvalue weighted by Crippen LogP contribution is -2.38. The van der Waals surface area contributed by atoms with Gasteiger partial charge in [0.2, 0.25) is 5.28 Å². The summed E-state index contributed by atoms with van der Waals surface area (Å²) in [6.45, 7) is 9.08. The van der Waals surface area contributed by atoms with Crippen LogP contribution in [-0.2, 0) is 21.0 Å². The second-order valence-electron chi connectivity index (χ2n) is 7.15. The van der Waals surface area contributed by atoms with Gasteiger partial charge in [-0.05, 0) is 51.8 Å². The predicted molar refractivity (Wildman–Crippen MR) is 103 cm³/mol. The van der Waals surface area contributed by atoms with Crippen LogP contribution in [0.25, 0.3) is 10.2 Å². The van der Waals surface area contributed by atoms with E-state index in [1.54, 1.807) is 20.8 Å². The lowest BCUT2D eigenvalue weighted by molar-refractivity contribution is 0.0508. The lowest BCUT2D eigenvalue weighted by atomic mass is 10.1. The van der Waals surface area contributed by atoms with Gasteiger partial charge in [0.15, 0.2) is 14.9 Å². The number of alkyl carbamates (subject to hydrolysis) is 1. The predicted octanol–water partition coefficient (Wildman–Crippen LogP) is 3.51. The first-order chi connectivity index (χ1) is 11.8. The van der Waals surface area contributed by atoms with Crippen LogP contribution in [0.1, 0.15) is 38.1 Å². The molecule has 0 aromatic carbocycles. The van der Waals surface area contributed by atoms with Crippen molar-refractivity contribution in [1.29, 1.82) is 0 Å². The molecular weight excluding hydrogens is 398 g/mol. The summed E-state index contributed by atoms with van der Waals surface area (Å²) in [6.07, 6.45) is 1.10. The van der Waals surface area contributed by atoms with Crippen molar-refractivity contribution in [1.82, 2.24) is 15.3 Å². The van der Waals surface area contributed by atoms with Gasteiger partial charge in [0.05, 0.1) is 10.2 Å². The Morgan fingerprint density at radius 2 is 1.96 bits per heavy atom. The SMILES string of the molecule is Cc1c(C[C@@H](C)NC(=O)OC(C)(C)C)sc2c(S(C)(=O)=O)nc(Cl)nc12. The van der Waals surface area contributed by atoms with E-state index in [2.05, 4.69) is 15.3 Å². The largest absolute Gasteiger partial charge is 0.444 e. The fraction of sp³-hybridized carbons (Fsp3) is 0.562. The number of fused-ring (bicyclic) bond motifs is 1. The number of thiophene rings is 1. The van der Waals surface area contributed by atoms with Crippen molar-refractivity contribution >= 4 is 49.1 Å². The molecule has 0 saturated carbocycles. The van der Waals surface area contributed by atoms with Gasteiger partial charge in [-0.2, -0.15) is 0 Å². The van der Waals surface area contributed by atoms with Crippen molar-refractivity contribution in [2.24, 2.45) is 0 Å². The Labute approximate surface area is 162 Å². The maximum atomic E-state index is 12.0. The Hall–Kier alpha value is -1.45. The number of ether oxygens (including phenoxy) is 1. The molecule has 0 fully saturated rings. The number of nitrogens with zero attached hydrogens (tertiary/aromatic N) is 2. The highest BCUT2D eigenvalue weighted by Crippen LogP contribution is 2.34. The number of rotatable bonds is 4. The first kappa shape index (κ1) is 20.9. The molecule has 0 spiro atoms. The Morgan fingerprint density at radius 1 is 1.35 bits per heavy atom. The number of carbonyl (C=O) groups excluding carboxylic acids is 1. The second kappa shape index (κ2) is 7.28. The van der Waals surface area contributed by atoms with Crippen LogP contribution >= 0.6 is 22.9 Å². The maximum absolute atomic E-state index is 12.0. The number of aryl methyl sites for hydroxylation is 1. The normalized spacial score (nSPS) is 13.7. The molecule has 1 N–H and O–H groups in total. The number of carbonyl (C=O) groups is 1. The summed E-state index contributed by atoms with van der Waals surface area (Å²) in [5, 5.41) is 2.60. The lowest BCUT2D eigenvalue weighted by Gasteiger charge is -2.21. The third-order valence-corrected chi connectivity index (χ3v) is 6.02. The molecule has 1 atom stereocenters. The second-order valence-corrected chi connectivity index (χ2v) is 10.5. The maximum Gasteiger partial charge on any atom is 0.407 e. The van der Waals surface area contributed by atoms with Crippen LogP contribution in [0.4, 0.5) is 4.79 Å². The third-order valence-electron chi connectivity index (χ3n) is 3.41. The van der Waals surface area contributed by atoms with E-state index in [0.29, 0.717) is 16.6 Å². The van der Waals surface area contributed by atoms with Crippen LogP contribution in [0.5, 0.6) is 0 Å². The summed E-state index contributed by atoms with van der Waals surface area (Å²) in [5.41, 5.74) is 0.778. The minimum Gasteiger partial charge on any atom is -0.444 e. The molecule has 26 heavy (non-hydrogen) atoms. The van der Waals surface area contributed by atoms with Crippen LogP contribution in [-0.4, -0.2) is 42.4 Å². The van der Waals surface area contributed by atoms with Gasteiger partial charge in [-0.3, -0.25) is 0 Å². The van der Waals surface area contributed by atoms with Gasteiger partial charge in [-0.15, -0.1) is 11.3 Å². The van der Waals surface area contributed by atoms with Gasteiger partial charge in [0.25, 0.3) is 0 Å². The fourth-order valence-corrected chi connectivity index (χ4v) is 5.11. The molecule has 0 aliphatic carbocycles. The van der Waals surface area contributed by atoms with Crippen LogP contribution in [0, 0.1) is 6.92 Å². The van der Waals surface area contributed by atoms with Crippen LogP contribution in [0.15, 0.2) is 5.03 Å². The number of nitrogens with one attached hydrogen (secondary N) is 1. The van der Waals surface area contributed by atoms with E-state index in [1.165, 1.54) is 11.3 Å². The number of hydrogen-bond acceptors (Lipinski definition) is 7. The quantitative estimate of drug-likeness (QED) is 0.601. The molecule has 2 aromatic heterocycles. The monoisotopic (exact) mass is 419 g/mol. The van der Waals surface area contributed by atoms with E-state index in [1.807, 2.05) is 13.8 Å². The zero-order valence-corrected chi connectivity index (χ0v) is 17.9. The first-order valence-electron chi connectivity index (χ1n) is 7.93. The molecule has 144 valence electrons. The minimum absolute atomic E-state index is 0.0698. The van der Waals surface area contributed by atoms with Gasteiger partial charge < -0.3 is 10.1 Å². The van der Waals surface area contributed by atoms with E-state index in [0.717, 1.165) is 16.7 Å². The van der Waals surface area contributed by atoms with Gasteiger partial charge in [0.1, 0.15) is 5.60 Å². The number of hydrogen-bond donors (Lipinski definition) is 1. The first-order valence-corrected chi connectivity index (χ1v) is 11.0. The Morgan fingerprint density at radius 3 is 2.50 bits per heavy atom. The summed E-state index contributed by atoms with van der Waals surface area (Å²) in [6, 6.07) is -0.207. The standard InChI is InChI=1S/C16H22ClN3O4S2/c1-8(18-15(21)24-16(3,4)5)7-10-9(2)11-12(25-10)13(26(6,22)23)20-14(17)19-11/h8H,7H2,1-6H3,(H,18,21)/t8-/m1/s1. The highest BCUT2D eigenvalue weighted by atomic mass is 35.5. The zero-order chi connectivity index (χ0) is 19.9. The zero-order valence-electron chi connectivity index (χ0n) is 15.5. The van der Waals surface area contributed by atoms with Crippen molar-refractivity contribution < 1.29 is 17.9 Å². The molecule has 2 heterocycles. The van der Waals surface area contributed by atoms with Gasteiger partial charge in [-0.25, -0.2) is 23.2 Å². The third kappa shape index (κ3) is 5.05. The smallest absolute Gasteiger partial charge is 0.407 e. The fourth-order valence-electron chi connectivity index (χ4n) is 2.37. The van der Waals surface area contributed by atoms with E-state index >= 15 is 0 Å². The van der Waals surface area contributed by atoms with Crippen molar-refractivity contribution in [3.05, 3.63) is 15.7 Å². The average molecular weight is 420 g/mol. The molecule has 7 nitrogen and oxygen atoms in total. The van der Waals surface area contributed by atoms with Crippen molar-refractivity contribution in [2.75, 3.05) is 6.26 Å². The number of amides is 1. The van der Waals surface area contributed by atoms with Crippen LogP contribution < -0.4 is 5.32 Å². The highest BCUT2D eigenvalue weighted by Gasteiger charge is 2.23. The van der Waals surface area contributed by atoms with Gasteiger partial charge in [-0.1, -0.05) is 0 Å². The molecule has 0 aliphatic rings. The Kier molecular flexibility index (Phi) is 5.84. The van der Waals surface area contributed by atoms with Crippen LogP contribution in [0.3, 0.4) is 0 Å². The molecule has 0 radical (unpaired) electrons. The van der Waals surface area contributed by atoms with Gasteiger partial charge >= 0.3 is 6.09 Å². The highest BCUT2D eigenvalue weighted by molar-refractivity contribution is 7.91. The van der Waals surface area contributed by atoms with Crippen molar-refractivity contribution in [2.45, 2.75) is 57.7 Å². The molecule has 0 aliphatic heterocycles.